The molecule has 5 heteroatoms. The van der Waals surface area contributed by atoms with Crippen LogP contribution in [-0.2, 0) is 0 Å². The molecule has 0 bridgehead atoms. The van der Waals surface area contributed by atoms with Crippen LogP contribution in [0.25, 0.3) is 5.57 Å². The van der Waals surface area contributed by atoms with Gasteiger partial charge in [0, 0.05) is 35.6 Å². The molecule has 2 aromatic carbocycles. The Bertz CT molecular complexity index is 986. The van der Waals surface area contributed by atoms with E-state index in [1.165, 1.54) is 0 Å². The van der Waals surface area contributed by atoms with Crippen LogP contribution in [0.1, 0.15) is 28.3 Å². The van der Waals surface area contributed by atoms with E-state index in [-0.39, 0.29) is 6.04 Å². The van der Waals surface area contributed by atoms with E-state index < -0.39 is 0 Å². The van der Waals surface area contributed by atoms with Crippen LogP contribution in [0.15, 0.2) is 71.5 Å². The van der Waals surface area contributed by atoms with Crippen LogP contribution in [-0.4, -0.2) is 19.1 Å². The molecule has 2 N–H and O–H groups in total. The lowest BCUT2D eigenvalue weighted by atomic mass is 9.94. The molecule has 0 saturated carbocycles. The second kappa shape index (κ2) is 6.52. The Balaban J connectivity index is 1.92. The van der Waals surface area contributed by atoms with Crippen molar-refractivity contribution >= 4 is 17.1 Å². The molecular weight excluding hydrogens is 324 g/mol. The second-order valence-corrected chi connectivity index (χ2v) is 6.14. The summed E-state index contributed by atoms with van der Waals surface area (Å²) in [6.07, 6.45) is 1.98. The van der Waals surface area contributed by atoms with Gasteiger partial charge in [-0.05, 0) is 29.3 Å². The highest BCUT2D eigenvalue weighted by atomic mass is 16.5. The van der Waals surface area contributed by atoms with Crippen molar-refractivity contribution in [3.05, 3.63) is 83.6 Å². The summed E-state index contributed by atoms with van der Waals surface area (Å²) in [5.74, 6) is 1.56. The van der Waals surface area contributed by atoms with Crippen LogP contribution in [0.2, 0.25) is 0 Å². The molecule has 1 unspecified atom stereocenters. The molecule has 0 amide bonds. The lowest BCUT2D eigenvalue weighted by Gasteiger charge is -2.19. The van der Waals surface area contributed by atoms with Gasteiger partial charge in [-0.2, -0.15) is 5.11 Å². The Labute approximate surface area is 152 Å². The van der Waals surface area contributed by atoms with E-state index in [1.807, 2.05) is 30.5 Å². The number of nitrogens with zero attached hydrogens (tertiary/aromatic N) is 2. The molecule has 3 aromatic rings. The van der Waals surface area contributed by atoms with E-state index in [0.717, 1.165) is 45.1 Å². The third-order valence-electron chi connectivity index (χ3n) is 4.70. The van der Waals surface area contributed by atoms with Gasteiger partial charge in [0.15, 0.2) is 5.82 Å². The molecule has 1 aromatic heterocycles. The minimum Gasteiger partial charge on any atom is -0.497 e. The Morgan fingerprint density at radius 1 is 1.08 bits per heavy atom. The third-order valence-corrected chi connectivity index (χ3v) is 4.70. The van der Waals surface area contributed by atoms with Crippen LogP contribution in [0.3, 0.4) is 0 Å². The molecule has 0 radical (unpaired) electrons. The van der Waals surface area contributed by atoms with Crippen molar-refractivity contribution in [3.63, 3.8) is 0 Å². The summed E-state index contributed by atoms with van der Waals surface area (Å²) in [5, 5.41) is 11.9. The Morgan fingerprint density at radius 2 is 1.85 bits per heavy atom. The number of azo groups is 1. The van der Waals surface area contributed by atoms with E-state index in [0.29, 0.717) is 0 Å². The zero-order valence-electron chi connectivity index (χ0n) is 14.8. The summed E-state index contributed by atoms with van der Waals surface area (Å²) in [6, 6.07) is 16.3. The molecule has 0 spiro atoms. The standard InChI is InChI=1S/C21H20N4O/c1-13-16-6-4-5-7-18(16)24-20(14-8-10-15(26-3)11-9-14)17-12-23-21(19(13)17)25-22-2/h4-12,20,23-24H,1H2,2-3H3. The van der Waals surface area contributed by atoms with Crippen molar-refractivity contribution in [1.82, 2.24) is 4.98 Å². The number of H-pyrrole nitrogens is 1. The van der Waals surface area contributed by atoms with Crippen LogP contribution in [0.4, 0.5) is 11.5 Å². The quantitative estimate of drug-likeness (QED) is 0.632. The first kappa shape index (κ1) is 16.1. The highest BCUT2D eigenvalue weighted by Crippen LogP contribution is 2.44. The number of hydrogen-bond acceptors (Lipinski definition) is 4. The van der Waals surface area contributed by atoms with Gasteiger partial charge in [0.2, 0.25) is 0 Å². The van der Waals surface area contributed by atoms with Gasteiger partial charge in [-0.15, -0.1) is 5.11 Å². The maximum atomic E-state index is 5.29. The van der Waals surface area contributed by atoms with E-state index >= 15 is 0 Å². The molecule has 0 saturated heterocycles. The van der Waals surface area contributed by atoms with Crippen LogP contribution in [0, 0.1) is 0 Å². The number of aromatic nitrogens is 1. The number of aromatic amines is 1. The van der Waals surface area contributed by atoms with Crippen LogP contribution >= 0.6 is 0 Å². The number of anilines is 1. The number of rotatable bonds is 3. The molecule has 1 aliphatic heterocycles. The number of para-hydroxylation sites is 1. The van der Waals surface area contributed by atoms with Crippen LogP contribution in [0.5, 0.6) is 5.75 Å². The maximum Gasteiger partial charge on any atom is 0.160 e. The van der Waals surface area contributed by atoms with Gasteiger partial charge in [0.25, 0.3) is 0 Å². The Kier molecular flexibility index (Phi) is 4.05. The fourth-order valence-corrected chi connectivity index (χ4v) is 3.45. The molecule has 0 fully saturated rings. The SMILES string of the molecule is C=C1c2ccccc2NC(c2ccc(OC)cc2)c2c[nH]c(N=NC)c21. The van der Waals surface area contributed by atoms with E-state index in [2.05, 4.69) is 51.4 Å². The zero-order valence-corrected chi connectivity index (χ0v) is 14.8. The van der Waals surface area contributed by atoms with E-state index in [9.17, 15) is 0 Å². The van der Waals surface area contributed by atoms with Gasteiger partial charge in [0.05, 0.1) is 13.2 Å². The minimum absolute atomic E-state index is 0.0339. The fourth-order valence-electron chi connectivity index (χ4n) is 3.45. The number of fused-ring (bicyclic) bond motifs is 2. The maximum absolute atomic E-state index is 5.29. The van der Waals surface area contributed by atoms with Crippen molar-refractivity contribution in [2.24, 2.45) is 10.2 Å². The molecule has 0 aliphatic carbocycles. The van der Waals surface area contributed by atoms with Crippen molar-refractivity contribution in [2.75, 3.05) is 19.5 Å². The number of hydrogen-bond donors (Lipinski definition) is 2. The molecule has 5 nitrogen and oxygen atoms in total. The van der Waals surface area contributed by atoms with Crippen LogP contribution < -0.4 is 10.1 Å². The molecular formula is C21H20N4O. The fraction of sp³-hybridized carbons (Fsp3) is 0.143. The monoisotopic (exact) mass is 344 g/mol. The topological polar surface area (TPSA) is 61.8 Å². The summed E-state index contributed by atoms with van der Waals surface area (Å²) in [7, 11) is 3.34. The number of nitrogens with one attached hydrogen (secondary N) is 2. The lowest BCUT2D eigenvalue weighted by molar-refractivity contribution is 0.414. The summed E-state index contributed by atoms with van der Waals surface area (Å²) in [4.78, 5) is 3.24. The molecule has 2 heterocycles. The van der Waals surface area contributed by atoms with Crippen molar-refractivity contribution < 1.29 is 4.74 Å². The highest BCUT2D eigenvalue weighted by molar-refractivity contribution is 5.92. The summed E-state index contributed by atoms with van der Waals surface area (Å²) >= 11 is 0. The predicted octanol–water partition coefficient (Wildman–Crippen LogP) is 5.31. The molecule has 4 rings (SSSR count). The normalized spacial score (nSPS) is 15.9. The summed E-state index contributed by atoms with van der Waals surface area (Å²) in [6.45, 7) is 4.35. The van der Waals surface area contributed by atoms with Crippen molar-refractivity contribution in [2.45, 2.75) is 6.04 Å². The molecule has 1 aliphatic rings. The first-order valence-corrected chi connectivity index (χ1v) is 8.43. The van der Waals surface area contributed by atoms with Gasteiger partial charge in [-0.3, -0.25) is 0 Å². The van der Waals surface area contributed by atoms with E-state index in [1.54, 1.807) is 14.2 Å². The summed E-state index contributed by atoms with van der Waals surface area (Å²) in [5.41, 5.74) is 6.27. The van der Waals surface area contributed by atoms with Gasteiger partial charge < -0.3 is 15.0 Å². The van der Waals surface area contributed by atoms with Gasteiger partial charge in [-0.25, -0.2) is 0 Å². The lowest BCUT2D eigenvalue weighted by Crippen LogP contribution is -2.11. The van der Waals surface area contributed by atoms with Gasteiger partial charge in [-0.1, -0.05) is 36.9 Å². The molecule has 26 heavy (non-hydrogen) atoms. The third kappa shape index (κ3) is 2.58. The number of methoxy groups -OCH3 is 1. The Hall–Kier alpha value is -3.34. The Morgan fingerprint density at radius 3 is 2.58 bits per heavy atom. The highest BCUT2D eigenvalue weighted by Gasteiger charge is 2.28. The van der Waals surface area contributed by atoms with E-state index in [4.69, 9.17) is 4.74 Å². The largest absolute Gasteiger partial charge is 0.497 e. The average molecular weight is 344 g/mol. The zero-order chi connectivity index (χ0) is 18.1. The van der Waals surface area contributed by atoms with Gasteiger partial charge >= 0.3 is 0 Å². The smallest absolute Gasteiger partial charge is 0.160 e. The van der Waals surface area contributed by atoms with Crippen molar-refractivity contribution in [3.8, 4) is 5.75 Å². The first-order chi connectivity index (χ1) is 12.7. The predicted molar refractivity (Wildman–Crippen MR) is 104 cm³/mol. The first-order valence-electron chi connectivity index (χ1n) is 8.43. The van der Waals surface area contributed by atoms with Crippen molar-refractivity contribution in [1.29, 1.82) is 0 Å². The number of benzene rings is 2. The molecule has 1 atom stereocenters. The minimum atomic E-state index is -0.0339. The summed E-state index contributed by atoms with van der Waals surface area (Å²) < 4.78 is 5.29. The average Bonchev–Trinajstić information content (AvgIpc) is 3.04. The second-order valence-electron chi connectivity index (χ2n) is 6.14. The van der Waals surface area contributed by atoms with Gasteiger partial charge in [0.1, 0.15) is 5.75 Å². The molecule has 130 valence electrons. The number of ether oxygens (including phenoxy) is 1.